The number of rotatable bonds is 5. The van der Waals surface area contributed by atoms with Gasteiger partial charge in [0, 0.05) is 17.2 Å². The maximum Gasteiger partial charge on any atom is 0.279 e. The first-order chi connectivity index (χ1) is 13.4. The van der Waals surface area contributed by atoms with Gasteiger partial charge in [0.25, 0.3) is 11.6 Å². The zero-order valence-electron chi connectivity index (χ0n) is 15.3. The number of aromatic nitrogens is 1. The number of hydrogen-bond acceptors (Lipinski definition) is 5. The summed E-state index contributed by atoms with van der Waals surface area (Å²) in [6.45, 7) is 4.31. The second kappa shape index (κ2) is 8.06. The SMILES string of the molecule is C#CCn1c(=NC(=O)c2ccc(C)c([N+](=O)[O-])c2)sc2cc(OCC)ccc21. The van der Waals surface area contributed by atoms with E-state index in [1.54, 1.807) is 11.5 Å². The standard InChI is InChI=1S/C20H17N3O4S/c1-4-10-22-16-9-8-15(27-5-2)12-18(16)28-20(22)21-19(24)14-7-6-13(3)17(11-14)23(25)26/h1,6-9,11-12H,5,10H2,2-3H3. The second-order valence-electron chi connectivity index (χ2n) is 5.91. The summed E-state index contributed by atoms with van der Waals surface area (Å²) in [6, 6.07) is 9.88. The van der Waals surface area contributed by atoms with E-state index >= 15 is 0 Å². The van der Waals surface area contributed by atoms with Crippen LogP contribution in [-0.4, -0.2) is 22.0 Å². The molecule has 3 aromatic rings. The quantitative estimate of drug-likeness (QED) is 0.374. The Hall–Kier alpha value is -3.44. The van der Waals surface area contributed by atoms with E-state index in [4.69, 9.17) is 11.2 Å². The monoisotopic (exact) mass is 395 g/mol. The summed E-state index contributed by atoms with van der Waals surface area (Å²) in [5, 5.41) is 11.1. The summed E-state index contributed by atoms with van der Waals surface area (Å²) in [7, 11) is 0. The molecule has 0 aliphatic rings. The maximum atomic E-state index is 12.6. The molecule has 0 bridgehead atoms. The Labute approximate surface area is 165 Å². The van der Waals surface area contributed by atoms with E-state index in [1.807, 2.05) is 25.1 Å². The Morgan fingerprint density at radius 2 is 2.14 bits per heavy atom. The number of nitro benzene ring substituents is 1. The van der Waals surface area contributed by atoms with E-state index in [9.17, 15) is 14.9 Å². The van der Waals surface area contributed by atoms with Gasteiger partial charge in [-0.25, -0.2) is 0 Å². The minimum Gasteiger partial charge on any atom is -0.494 e. The van der Waals surface area contributed by atoms with Gasteiger partial charge in [-0.05, 0) is 38.1 Å². The molecule has 1 amide bonds. The first-order valence-electron chi connectivity index (χ1n) is 8.48. The van der Waals surface area contributed by atoms with E-state index in [1.165, 1.54) is 29.5 Å². The van der Waals surface area contributed by atoms with Crippen LogP contribution in [0, 0.1) is 29.4 Å². The third-order valence-corrected chi connectivity index (χ3v) is 5.11. The zero-order valence-corrected chi connectivity index (χ0v) is 16.2. The van der Waals surface area contributed by atoms with Crippen molar-refractivity contribution in [2.45, 2.75) is 20.4 Å². The first kappa shape index (κ1) is 19.3. The molecule has 0 aliphatic carbocycles. The highest BCUT2D eigenvalue weighted by atomic mass is 32.1. The molecule has 7 nitrogen and oxygen atoms in total. The summed E-state index contributed by atoms with van der Waals surface area (Å²) in [4.78, 5) is 27.8. The number of nitrogens with zero attached hydrogens (tertiary/aromatic N) is 3. The number of amides is 1. The van der Waals surface area contributed by atoms with Gasteiger partial charge in [-0.15, -0.1) is 6.42 Å². The molecular formula is C20H17N3O4S. The molecule has 1 aromatic heterocycles. The van der Waals surface area contributed by atoms with Crippen LogP contribution in [0.25, 0.3) is 10.2 Å². The Kier molecular flexibility index (Phi) is 5.57. The van der Waals surface area contributed by atoms with Crippen LogP contribution in [0.1, 0.15) is 22.8 Å². The zero-order chi connectivity index (χ0) is 20.3. The Bertz CT molecular complexity index is 1180. The molecule has 0 atom stereocenters. The van der Waals surface area contributed by atoms with Gasteiger partial charge in [0.1, 0.15) is 5.75 Å². The smallest absolute Gasteiger partial charge is 0.279 e. The molecule has 8 heteroatoms. The number of nitro groups is 1. The second-order valence-corrected chi connectivity index (χ2v) is 6.92. The number of thiazole rings is 1. The summed E-state index contributed by atoms with van der Waals surface area (Å²) >= 11 is 1.31. The van der Waals surface area contributed by atoms with Gasteiger partial charge < -0.3 is 9.30 Å². The number of benzene rings is 2. The lowest BCUT2D eigenvalue weighted by Gasteiger charge is -2.03. The Morgan fingerprint density at radius 3 is 2.82 bits per heavy atom. The molecule has 2 aromatic carbocycles. The summed E-state index contributed by atoms with van der Waals surface area (Å²) in [6.07, 6.45) is 5.48. The average molecular weight is 395 g/mol. The van der Waals surface area contributed by atoms with Crippen LogP contribution in [0.2, 0.25) is 0 Å². The van der Waals surface area contributed by atoms with Crippen LogP contribution in [-0.2, 0) is 6.54 Å². The van der Waals surface area contributed by atoms with Crippen molar-refractivity contribution in [3.63, 3.8) is 0 Å². The van der Waals surface area contributed by atoms with Crippen molar-refractivity contribution in [1.29, 1.82) is 0 Å². The predicted molar refractivity (Wildman–Crippen MR) is 108 cm³/mol. The largest absolute Gasteiger partial charge is 0.494 e. The van der Waals surface area contributed by atoms with Gasteiger partial charge in [-0.2, -0.15) is 4.99 Å². The molecule has 0 N–H and O–H groups in total. The minimum atomic E-state index is -0.564. The molecule has 0 radical (unpaired) electrons. The molecule has 0 unspecified atom stereocenters. The number of aryl methyl sites for hydroxylation is 1. The number of hydrogen-bond donors (Lipinski definition) is 0. The average Bonchev–Trinajstić information content (AvgIpc) is 2.99. The fraction of sp³-hybridized carbons (Fsp3) is 0.200. The highest BCUT2D eigenvalue weighted by Gasteiger charge is 2.15. The van der Waals surface area contributed by atoms with Crippen LogP contribution in [0.5, 0.6) is 5.75 Å². The van der Waals surface area contributed by atoms with Crippen molar-refractivity contribution in [2.75, 3.05) is 6.61 Å². The van der Waals surface area contributed by atoms with Crippen molar-refractivity contribution >= 4 is 33.1 Å². The van der Waals surface area contributed by atoms with Gasteiger partial charge in [0.05, 0.1) is 28.3 Å². The maximum absolute atomic E-state index is 12.6. The summed E-state index contributed by atoms with van der Waals surface area (Å²) in [5.74, 6) is 2.72. The minimum absolute atomic E-state index is 0.116. The van der Waals surface area contributed by atoms with Crippen molar-refractivity contribution in [2.24, 2.45) is 4.99 Å². The summed E-state index contributed by atoms with van der Waals surface area (Å²) in [5.41, 5.74) is 1.36. The van der Waals surface area contributed by atoms with E-state index in [0.717, 1.165) is 16.0 Å². The Morgan fingerprint density at radius 1 is 1.36 bits per heavy atom. The molecule has 28 heavy (non-hydrogen) atoms. The molecule has 0 fully saturated rings. The normalized spacial score (nSPS) is 11.4. The van der Waals surface area contributed by atoms with Crippen molar-refractivity contribution in [3.05, 3.63) is 62.4 Å². The van der Waals surface area contributed by atoms with E-state index in [2.05, 4.69) is 10.9 Å². The molecule has 0 spiro atoms. The first-order valence-corrected chi connectivity index (χ1v) is 9.30. The molecular weight excluding hydrogens is 378 g/mol. The number of carbonyl (C=O) groups excluding carboxylic acids is 1. The Balaban J connectivity index is 2.11. The third kappa shape index (κ3) is 3.80. The molecule has 1 heterocycles. The fourth-order valence-corrected chi connectivity index (χ4v) is 3.79. The highest BCUT2D eigenvalue weighted by molar-refractivity contribution is 7.16. The molecule has 0 aliphatic heterocycles. The third-order valence-electron chi connectivity index (χ3n) is 4.06. The van der Waals surface area contributed by atoms with Crippen LogP contribution in [0.4, 0.5) is 5.69 Å². The number of terminal acetylenes is 1. The molecule has 0 saturated carbocycles. The van der Waals surface area contributed by atoms with E-state index < -0.39 is 10.8 Å². The number of fused-ring (bicyclic) bond motifs is 1. The van der Waals surface area contributed by atoms with Crippen LogP contribution in [0.3, 0.4) is 0 Å². The topological polar surface area (TPSA) is 86.7 Å². The lowest BCUT2D eigenvalue weighted by Crippen LogP contribution is -2.16. The van der Waals surface area contributed by atoms with E-state index in [0.29, 0.717) is 17.0 Å². The van der Waals surface area contributed by atoms with Gasteiger partial charge in [-0.3, -0.25) is 14.9 Å². The predicted octanol–water partition coefficient (Wildman–Crippen LogP) is 3.69. The van der Waals surface area contributed by atoms with Gasteiger partial charge >= 0.3 is 0 Å². The van der Waals surface area contributed by atoms with Crippen LogP contribution < -0.4 is 9.54 Å². The summed E-state index contributed by atoms with van der Waals surface area (Å²) < 4.78 is 8.15. The number of carbonyl (C=O) groups is 1. The van der Waals surface area contributed by atoms with Crippen molar-refractivity contribution < 1.29 is 14.5 Å². The van der Waals surface area contributed by atoms with Crippen LogP contribution >= 0.6 is 11.3 Å². The molecule has 3 rings (SSSR count). The van der Waals surface area contributed by atoms with Gasteiger partial charge in [0.2, 0.25) is 0 Å². The van der Waals surface area contributed by atoms with Crippen molar-refractivity contribution in [1.82, 2.24) is 4.57 Å². The lowest BCUT2D eigenvalue weighted by atomic mass is 10.1. The molecule has 142 valence electrons. The van der Waals surface area contributed by atoms with Crippen molar-refractivity contribution in [3.8, 4) is 18.1 Å². The fourth-order valence-electron chi connectivity index (χ4n) is 2.73. The van der Waals surface area contributed by atoms with E-state index in [-0.39, 0.29) is 17.8 Å². The van der Waals surface area contributed by atoms with Gasteiger partial charge in [-0.1, -0.05) is 23.3 Å². The van der Waals surface area contributed by atoms with Crippen LogP contribution in [0.15, 0.2) is 41.4 Å². The van der Waals surface area contributed by atoms with Gasteiger partial charge in [0.15, 0.2) is 4.80 Å². The molecule has 0 saturated heterocycles. The highest BCUT2D eigenvalue weighted by Crippen LogP contribution is 2.24. The lowest BCUT2D eigenvalue weighted by molar-refractivity contribution is -0.385. The number of ether oxygens (including phenoxy) is 1.